The SMILES string of the molecule is O=C(CNC(CO)c1ccccc1)N1CCOCC1. The summed E-state index contributed by atoms with van der Waals surface area (Å²) in [6, 6.07) is 9.44. The van der Waals surface area contributed by atoms with Gasteiger partial charge in [-0.3, -0.25) is 10.1 Å². The van der Waals surface area contributed by atoms with Crippen molar-refractivity contribution in [2.45, 2.75) is 6.04 Å². The molecule has 5 heteroatoms. The van der Waals surface area contributed by atoms with Crippen molar-refractivity contribution in [2.75, 3.05) is 39.5 Å². The number of morpholine rings is 1. The van der Waals surface area contributed by atoms with E-state index in [0.29, 0.717) is 26.3 Å². The molecular formula is C14H20N2O3. The third kappa shape index (κ3) is 4.02. The molecule has 1 unspecified atom stereocenters. The topological polar surface area (TPSA) is 61.8 Å². The number of aliphatic hydroxyl groups excluding tert-OH is 1. The number of rotatable bonds is 5. The van der Waals surface area contributed by atoms with E-state index in [-0.39, 0.29) is 25.1 Å². The fourth-order valence-corrected chi connectivity index (χ4v) is 2.11. The lowest BCUT2D eigenvalue weighted by atomic mass is 10.1. The van der Waals surface area contributed by atoms with Crippen molar-refractivity contribution in [1.29, 1.82) is 0 Å². The number of aliphatic hydroxyl groups is 1. The Morgan fingerprint density at radius 2 is 2.00 bits per heavy atom. The maximum atomic E-state index is 12.0. The van der Waals surface area contributed by atoms with Gasteiger partial charge in [0.1, 0.15) is 0 Å². The molecule has 1 atom stereocenters. The number of nitrogens with one attached hydrogen (secondary N) is 1. The Morgan fingerprint density at radius 1 is 1.32 bits per heavy atom. The highest BCUT2D eigenvalue weighted by molar-refractivity contribution is 5.78. The van der Waals surface area contributed by atoms with E-state index >= 15 is 0 Å². The molecule has 1 aliphatic heterocycles. The zero-order valence-corrected chi connectivity index (χ0v) is 10.9. The van der Waals surface area contributed by atoms with Crippen LogP contribution >= 0.6 is 0 Å². The zero-order chi connectivity index (χ0) is 13.5. The lowest BCUT2D eigenvalue weighted by Crippen LogP contribution is -2.45. The van der Waals surface area contributed by atoms with Crippen molar-refractivity contribution in [3.63, 3.8) is 0 Å². The van der Waals surface area contributed by atoms with Crippen LogP contribution in [0.3, 0.4) is 0 Å². The van der Waals surface area contributed by atoms with Gasteiger partial charge in [0, 0.05) is 13.1 Å². The number of hydrogen-bond acceptors (Lipinski definition) is 4. The number of carbonyl (C=O) groups is 1. The molecule has 1 saturated heterocycles. The van der Waals surface area contributed by atoms with Gasteiger partial charge in [0.15, 0.2) is 0 Å². The Kier molecular flexibility index (Phi) is 5.32. The first-order valence-electron chi connectivity index (χ1n) is 6.56. The number of hydrogen-bond donors (Lipinski definition) is 2. The van der Waals surface area contributed by atoms with Crippen molar-refractivity contribution >= 4 is 5.91 Å². The Bertz CT molecular complexity index is 391. The van der Waals surface area contributed by atoms with Gasteiger partial charge in [-0.25, -0.2) is 0 Å². The predicted octanol–water partition coefficient (Wildman–Crippen LogP) is 0.168. The van der Waals surface area contributed by atoms with Gasteiger partial charge in [-0.1, -0.05) is 30.3 Å². The van der Waals surface area contributed by atoms with E-state index in [1.165, 1.54) is 0 Å². The maximum absolute atomic E-state index is 12.0. The van der Waals surface area contributed by atoms with Crippen molar-refractivity contribution < 1.29 is 14.6 Å². The van der Waals surface area contributed by atoms with Gasteiger partial charge in [0.2, 0.25) is 5.91 Å². The molecule has 1 aliphatic rings. The quantitative estimate of drug-likeness (QED) is 0.796. The Balaban J connectivity index is 1.84. The Labute approximate surface area is 113 Å². The zero-order valence-electron chi connectivity index (χ0n) is 10.9. The number of ether oxygens (including phenoxy) is 1. The standard InChI is InChI=1S/C14H20N2O3/c17-11-13(12-4-2-1-3-5-12)15-10-14(18)16-6-8-19-9-7-16/h1-5,13,15,17H,6-11H2. The molecule has 1 aromatic rings. The third-order valence-corrected chi connectivity index (χ3v) is 3.25. The van der Waals surface area contributed by atoms with Crippen LogP contribution < -0.4 is 5.32 Å². The summed E-state index contributed by atoms with van der Waals surface area (Å²) in [6.07, 6.45) is 0. The molecule has 0 aromatic heterocycles. The molecule has 2 rings (SSSR count). The van der Waals surface area contributed by atoms with Crippen molar-refractivity contribution in [1.82, 2.24) is 10.2 Å². The van der Waals surface area contributed by atoms with Crippen LogP contribution in [0.15, 0.2) is 30.3 Å². The van der Waals surface area contributed by atoms with E-state index in [1.54, 1.807) is 4.90 Å². The minimum absolute atomic E-state index is 0.0274. The van der Waals surface area contributed by atoms with E-state index in [0.717, 1.165) is 5.56 Å². The lowest BCUT2D eigenvalue weighted by molar-refractivity contribution is -0.134. The number of carbonyl (C=O) groups excluding carboxylic acids is 1. The molecular weight excluding hydrogens is 244 g/mol. The molecule has 1 amide bonds. The van der Waals surface area contributed by atoms with Crippen LogP contribution in [0.2, 0.25) is 0 Å². The van der Waals surface area contributed by atoms with Crippen LogP contribution in [0.25, 0.3) is 0 Å². The van der Waals surface area contributed by atoms with E-state index in [1.807, 2.05) is 30.3 Å². The molecule has 5 nitrogen and oxygen atoms in total. The molecule has 19 heavy (non-hydrogen) atoms. The van der Waals surface area contributed by atoms with Crippen molar-refractivity contribution in [3.8, 4) is 0 Å². The second kappa shape index (κ2) is 7.23. The van der Waals surface area contributed by atoms with Gasteiger partial charge in [-0.05, 0) is 5.56 Å². The highest BCUT2D eigenvalue weighted by Gasteiger charge is 2.18. The molecule has 0 aliphatic carbocycles. The Hall–Kier alpha value is -1.43. The lowest BCUT2D eigenvalue weighted by Gasteiger charge is -2.27. The second-order valence-electron chi connectivity index (χ2n) is 4.52. The summed E-state index contributed by atoms with van der Waals surface area (Å²) in [5, 5.41) is 12.5. The highest BCUT2D eigenvalue weighted by atomic mass is 16.5. The largest absolute Gasteiger partial charge is 0.394 e. The van der Waals surface area contributed by atoms with E-state index in [4.69, 9.17) is 4.74 Å². The second-order valence-corrected chi connectivity index (χ2v) is 4.52. The highest BCUT2D eigenvalue weighted by Crippen LogP contribution is 2.11. The van der Waals surface area contributed by atoms with E-state index in [2.05, 4.69) is 5.32 Å². The minimum atomic E-state index is -0.203. The van der Waals surface area contributed by atoms with Crippen LogP contribution in [-0.4, -0.2) is 55.4 Å². The minimum Gasteiger partial charge on any atom is -0.394 e. The van der Waals surface area contributed by atoms with Crippen molar-refractivity contribution in [3.05, 3.63) is 35.9 Å². The maximum Gasteiger partial charge on any atom is 0.236 e. The summed E-state index contributed by atoms with van der Waals surface area (Å²) in [5.74, 6) is 0.0534. The number of amides is 1. The molecule has 1 fully saturated rings. The van der Waals surface area contributed by atoms with Gasteiger partial charge in [-0.15, -0.1) is 0 Å². The van der Waals surface area contributed by atoms with Gasteiger partial charge in [-0.2, -0.15) is 0 Å². The van der Waals surface area contributed by atoms with Crippen molar-refractivity contribution in [2.24, 2.45) is 0 Å². The summed E-state index contributed by atoms with van der Waals surface area (Å²) < 4.78 is 5.21. The summed E-state index contributed by atoms with van der Waals surface area (Å²) in [7, 11) is 0. The van der Waals surface area contributed by atoms with E-state index in [9.17, 15) is 9.90 Å². The molecule has 1 heterocycles. The van der Waals surface area contributed by atoms with Crippen LogP contribution in [0.5, 0.6) is 0 Å². The number of nitrogens with zero attached hydrogens (tertiary/aromatic N) is 1. The summed E-state index contributed by atoms with van der Waals surface area (Å²) >= 11 is 0. The molecule has 0 spiro atoms. The van der Waals surface area contributed by atoms with Gasteiger partial charge in [0.25, 0.3) is 0 Å². The predicted molar refractivity (Wildman–Crippen MR) is 71.7 cm³/mol. The first kappa shape index (κ1) is 14.0. The van der Waals surface area contributed by atoms with Gasteiger partial charge >= 0.3 is 0 Å². The smallest absolute Gasteiger partial charge is 0.236 e. The van der Waals surface area contributed by atoms with Crippen LogP contribution in [0.1, 0.15) is 11.6 Å². The van der Waals surface area contributed by atoms with Crippen LogP contribution in [0, 0.1) is 0 Å². The first-order valence-corrected chi connectivity index (χ1v) is 6.56. The average molecular weight is 264 g/mol. The van der Waals surface area contributed by atoms with Gasteiger partial charge in [0.05, 0.1) is 32.4 Å². The third-order valence-electron chi connectivity index (χ3n) is 3.25. The molecule has 1 aromatic carbocycles. The van der Waals surface area contributed by atoms with Gasteiger partial charge < -0.3 is 14.7 Å². The first-order chi connectivity index (χ1) is 9.31. The molecule has 0 radical (unpaired) electrons. The fourth-order valence-electron chi connectivity index (χ4n) is 2.11. The Morgan fingerprint density at radius 3 is 2.63 bits per heavy atom. The average Bonchev–Trinajstić information content (AvgIpc) is 2.49. The van der Waals surface area contributed by atoms with E-state index < -0.39 is 0 Å². The molecule has 104 valence electrons. The number of benzene rings is 1. The summed E-state index contributed by atoms with van der Waals surface area (Å²) in [5.41, 5.74) is 0.986. The fraction of sp³-hybridized carbons (Fsp3) is 0.500. The summed E-state index contributed by atoms with van der Waals surface area (Å²) in [6.45, 7) is 2.72. The van der Waals surface area contributed by atoms with Crippen LogP contribution in [-0.2, 0) is 9.53 Å². The monoisotopic (exact) mass is 264 g/mol. The molecule has 0 saturated carbocycles. The normalized spacial score (nSPS) is 17.2. The molecule has 0 bridgehead atoms. The molecule has 2 N–H and O–H groups in total. The summed E-state index contributed by atoms with van der Waals surface area (Å²) in [4.78, 5) is 13.8. The van der Waals surface area contributed by atoms with Crippen LogP contribution in [0.4, 0.5) is 0 Å².